The molecule has 0 bridgehead atoms. The van der Waals surface area contributed by atoms with Gasteiger partial charge in [0.15, 0.2) is 0 Å². The lowest BCUT2D eigenvalue weighted by Gasteiger charge is -2.07. The Morgan fingerprint density at radius 1 is 1.24 bits per heavy atom. The molecule has 5 nitrogen and oxygen atoms in total. The maximum atomic E-state index is 12.2. The van der Waals surface area contributed by atoms with Gasteiger partial charge in [-0.05, 0) is 31.2 Å². The largest absolute Gasteiger partial charge is 0.389 e. The van der Waals surface area contributed by atoms with Crippen LogP contribution in [0.25, 0.3) is 0 Å². The van der Waals surface area contributed by atoms with Gasteiger partial charge in [0.1, 0.15) is 4.99 Å². The Labute approximate surface area is 129 Å². The summed E-state index contributed by atoms with van der Waals surface area (Å²) < 4.78 is 26.9. The Morgan fingerprint density at radius 3 is 2.48 bits per heavy atom. The predicted molar refractivity (Wildman–Crippen MR) is 85.3 cm³/mol. The van der Waals surface area contributed by atoms with E-state index >= 15 is 0 Å². The molecule has 1 aromatic carbocycles. The molecule has 2 aromatic rings. The summed E-state index contributed by atoms with van der Waals surface area (Å²) in [6, 6.07) is 11.6. The Kier molecular flexibility index (Phi) is 4.66. The zero-order valence-electron chi connectivity index (χ0n) is 11.4. The zero-order valence-corrected chi connectivity index (χ0v) is 13.0. The molecule has 0 aliphatic heterocycles. The van der Waals surface area contributed by atoms with Gasteiger partial charge in [0.05, 0.1) is 17.1 Å². The number of aromatic nitrogens is 1. The molecule has 0 spiro atoms. The van der Waals surface area contributed by atoms with Gasteiger partial charge in [-0.3, -0.25) is 4.98 Å². The third-order valence-corrected chi connectivity index (χ3v) is 4.49. The second kappa shape index (κ2) is 6.30. The van der Waals surface area contributed by atoms with Crippen molar-refractivity contribution in [3.8, 4) is 0 Å². The minimum Gasteiger partial charge on any atom is -0.389 e. The average molecular weight is 321 g/mol. The van der Waals surface area contributed by atoms with Crippen LogP contribution in [0, 0.1) is 6.92 Å². The molecule has 0 radical (unpaired) electrons. The number of nitrogens with two attached hydrogens (primary N) is 1. The Morgan fingerprint density at radius 2 is 1.90 bits per heavy atom. The number of aryl methyl sites for hydroxylation is 1. The van der Waals surface area contributed by atoms with Crippen molar-refractivity contribution >= 4 is 27.2 Å². The van der Waals surface area contributed by atoms with Crippen LogP contribution in [-0.4, -0.2) is 18.4 Å². The standard InChI is InChI=1S/C14H15N3O2S2/c1-10-3-2-4-12(17-10)9-16-21(18,19)13-7-5-11(6-8-13)14(15)20/h2-8,16H,9H2,1H3,(H2,15,20). The zero-order chi connectivity index (χ0) is 15.5. The molecule has 2 rings (SSSR count). The number of nitrogens with zero attached hydrogens (tertiary/aromatic N) is 1. The average Bonchev–Trinajstić information content (AvgIpc) is 2.45. The fraction of sp³-hybridized carbons (Fsp3) is 0.143. The van der Waals surface area contributed by atoms with Crippen LogP contribution >= 0.6 is 12.2 Å². The molecule has 3 N–H and O–H groups in total. The highest BCUT2D eigenvalue weighted by Crippen LogP contribution is 2.11. The highest BCUT2D eigenvalue weighted by molar-refractivity contribution is 7.89. The lowest BCUT2D eigenvalue weighted by molar-refractivity contribution is 0.580. The van der Waals surface area contributed by atoms with E-state index in [1.807, 2.05) is 19.1 Å². The fourth-order valence-electron chi connectivity index (χ4n) is 1.75. The van der Waals surface area contributed by atoms with Gasteiger partial charge in [-0.1, -0.05) is 30.4 Å². The highest BCUT2D eigenvalue weighted by atomic mass is 32.2. The molecule has 0 atom stereocenters. The van der Waals surface area contributed by atoms with Crippen molar-refractivity contribution in [2.24, 2.45) is 5.73 Å². The van der Waals surface area contributed by atoms with Crippen molar-refractivity contribution in [3.05, 3.63) is 59.4 Å². The molecule has 0 saturated carbocycles. The molecular formula is C14H15N3O2S2. The molecule has 0 saturated heterocycles. The molecule has 1 aromatic heterocycles. The number of benzene rings is 1. The van der Waals surface area contributed by atoms with Gasteiger partial charge in [-0.2, -0.15) is 0 Å². The van der Waals surface area contributed by atoms with Crippen LogP contribution in [0.2, 0.25) is 0 Å². The van der Waals surface area contributed by atoms with Crippen LogP contribution in [0.4, 0.5) is 0 Å². The molecule has 0 aliphatic rings. The number of thiocarbonyl (C=S) groups is 1. The molecule has 0 fully saturated rings. The van der Waals surface area contributed by atoms with Crippen LogP contribution in [0.1, 0.15) is 17.0 Å². The molecule has 0 unspecified atom stereocenters. The summed E-state index contributed by atoms with van der Waals surface area (Å²) in [4.78, 5) is 4.64. The van der Waals surface area contributed by atoms with E-state index in [4.69, 9.17) is 18.0 Å². The summed E-state index contributed by atoms with van der Waals surface area (Å²) >= 11 is 4.83. The van der Waals surface area contributed by atoms with E-state index in [1.165, 1.54) is 12.1 Å². The van der Waals surface area contributed by atoms with Gasteiger partial charge in [-0.25, -0.2) is 13.1 Å². The summed E-state index contributed by atoms with van der Waals surface area (Å²) in [5.41, 5.74) is 7.61. The molecular weight excluding hydrogens is 306 g/mol. The van der Waals surface area contributed by atoms with Gasteiger partial charge in [0, 0.05) is 11.3 Å². The minimum atomic E-state index is -3.59. The van der Waals surface area contributed by atoms with Crippen molar-refractivity contribution < 1.29 is 8.42 Å². The third-order valence-electron chi connectivity index (χ3n) is 2.84. The number of hydrogen-bond donors (Lipinski definition) is 2. The first kappa shape index (κ1) is 15.6. The maximum absolute atomic E-state index is 12.2. The van der Waals surface area contributed by atoms with Crippen LogP contribution in [0.5, 0.6) is 0 Å². The van der Waals surface area contributed by atoms with E-state index in [0.29, 0.717) is 11.3 Å². The van der Waals surface area contributed by atoms with E-state index in [9.17, 15) is 8.42 Å². The van der Waals surface area contributed by atoms with Gasteiger partial charge in [0.2, 0.25) is 10.0 Å². The molecule has 7 heteroatoms. The molecule has 0 aliphatic carbocycles. The summed E-state index contributed by atoms with van der Waals surface area (Å²) in [6.07, 6.45) is 0. The molecule has 21 heavy (non-hydrogen) atoms. The summed E-state index contributed by atoms with van der Waals surface area (Å²) in [5.74, 6) is 0. The smallest absolute Gasteiger partial charge is 0.240 e. The van der Waals surface area contributed by atoms with Gasteiger partial charge in [0.25, 0.3) is 0 Å². The van der Waals surface area contributed by atoms with E-state index in [2.05, 4.69) is 9.71 Å². The number of sulfonamides is 1. The first-order valence-corrected chi connectivity index (χ1v) is 8.10. The van der Waals surface area contributed by atoms with Crippen molar-refractivity contribution in [2.45, 2.75) is 18.4 Å². The summed E-state index contributed by atoms with van der Waals surface area (Å²) in [5, 5.41) is 0. The van der Waals surface area contributed by atoms with Crippen LogP contribution < -0.4 is 10.5 Å². The quantitative estimate of drug-likeness (QED) is 0.815. The Bertz CT molecular complexity index is 756. The molecule has 0 amide bonds. The normalized spacial score (nSPS) is 11.3. The Hall–Kier alpha value is -1.83. The SMILES string of the molecule is Cc1cccc(CNS(=O)(=O)c2ccc(C(N)=S)cc2)n1. The van der Waals surface area contributed by atoms with Crippen LogP contribution in [0.3, 0.4) is 0 Å². The summed E-state index contributed by atoms with van der Waals surface area (Å²) in [6.45, 7) is 1.99. The highest BCUT2D eigenvalue weighted by Gasteiger charge is 2.14. The van der Waals surface area contributed by atoms with E-state index in [1.54, 1.807) is 18.2 Å². The maximum Gasteiger partial charge on any atom is 0.240 e. The van der Waals surface area contributed by atoms with Crippen molar-refractivity contribution in [3.63, 3.8) is 0 Å². The van der Waals surface area contributed by atoms with Gasteiger partial charge < -0.3 is 5.73 Å². The number of hydrogen-bond acceptors (Lipinski definition) is 4. The van der Waals surface area contributed by atoms with Crippen molar-refractivity contribution in [1.29, 1.82) is 0 Å². The first-order chi connectivity index (χ1) is 9.88. The minimum absolute atomic E-state index is 0.140. The molecule has 110 valence electrons. The first-order valence-electron chi connectivity index (χ1n) is 6.20. The van der Waals surface area contributed by atoms with Gasteiger partial charge in [-0.15, -0.1) is 0 Å². The van der Waals surface area contributed by atoms with E-state index in [0.717, 1.165) is 5.69 Å². The van der Waals surface area contributed by atoms with E-state index < -0.39 is 10.0 Å². The monoisotopic (exact) mass is 321 g/mol. The second-order valence-corrected chi connectivity index (χ2v) is 6.69. The third kappa shape index (κ3) is 4.07. The number of pyridine rings is 1. The Balaban J connectivity index is 2.13. The predicted octanol–water partition coefficient (Wildman–Crippen LogP) is 1.50. The van der Waals surface area contributed by atoms with Crippen LogP contribution in [0.15, 0.2) is 47.4 Å². The lowest BCUT2D eigenvalue weighted by atomic mass is 10.2. The van der Waals surface area contributed by atoms with Crippen molar-refractivity contribution in [1.82, 2.24) is 9.71 Å². The van der Waals surface area contributed by atoms with Crippen LogP contribution in [-0.2, 0) is 16.6 Å². The summed E-state index contributed by atoms with van der Waals surface area (Å²) in [7, 11) is -3.59. The second-order valence-electron chi connectivity index (χ2n) is 4.48. The number of rotatable bonds is 5. The van der Waals surface area contributed by atoms with Gasteiger partial charge >= 0.3 is 0 Å². The number of nitrogens with one attached hydrogen (secondary N) is 1. The fourth-order valence-corrected chi connectivity index (χ4v) is 2.88. The lowest BCUT2D eigenvalue weighted by Crippen LogP contribution is -2.24. The van der Waals surface area contributed by atoms with E-state index in [-0.39, 0.29) is 16.4 Å². The molecule has 1 heterocycles. The van der Waals surface area contributed by atoms with Crippen molar-refractivity contribution in [2.75, 3.05) is 0 Å². The topological polar surface area (TPSA) is 85.1 Å².